The average Bonchev–Trinajstić information content (AvgIpc) is 2.57. The minimum absolute atomic E-state index is 0.242. The summed E-state index contributed by atoms with van der Waals surface area (Å²) in [5.74, 6) is 1.24. The van der Waals surface area contributed by atoms with E-state index in [2.05, 4.69) is 32.2 Å². The molecule has 0 aliphatic heterocycles. The molecule has 0 spiro atoms. The molecule has 0 fully saturated rings. The van der Waals surface area contributed by atoms with Crippen molar-refractivity contribution in [2.45, 2.75) is 25.2 Å². The molecule has 0 atom stereocenters. The lowest BCUT2D eigenvalue weighted by Gasteiger charge is -2.10. The van der Waals surface area contributed by atoms with Gasteiger partial charge in [0.05, 0.1) is 4.90 Å². The summed E-state index contributed by atoms with van der Waals surface area (Å²) < 4.78 is 26.7. The van der Waals surface area contributed by atoms with Gasteiger partial charge in [0.2, 0.25) is 16.0 Å². The molecule has 1 aromatic carbocycles. The molecule has 0 aliphatic rings. The number of sulfonamides is 1. The molecule has 2 aromatic rings. The van der Waals surface area contributed by atoms with Crippen LogP contribution in [0.4, 0.5) is 11.8 Å². The monoisotopic (exact) mass is 349 g/mol. The lowest BCUT2D eigenvalue weighted by atomic mass is 10.4. The van der Waals surface area contributed by atoms with Gasteiger partial charge in [-0.15, -0.1) is 0 Å². The summed E-state index contributed by atoms with van der Waals surface area (Å²) in [5, 5.41) is 6.25. The van der Waals surface area contributed by atoms with Crippen molar-refractivity contribution in [1.29, 1.82) is 0 Å². The zero-order valence-electron chi connectivity index (χ0n) is 13.9. The highest BCUT2D eigenvalue weighted by atomic mass is 32.2. The molecule has 0 amide bonds. The highest BCUT2D eigenvalue weighted by Gasteiger charge is 2.12. The lowest BCUT2D eigenvalue weighted by Crippen LogP contribution is -2.29. The second kappa shape index (κ2) is 8.60. The number of aromatic nitrogens is 2. The van der Waals surface area contributed by atoms with Crippen LogP contribution in [-0.4, -0.2) is 38.0 Å². The van der Waals surface area contributed by atoms with Crippen molar-refractivity contribution in [3.63, 3.8) is 0 Å². The average molecular weight is 349 g/mol. The molecule has 1 heterocycles. The Kier molecular flexibility index (Phi) is 6.51. The minimum atomic E-state index is -3.49. The van der Waals surface area contributed by atoms with Crippen LogP contribution in [0.1, 0.15) is 19.0 Å². The van der Waals surface area contributed by atoms with Crippen LogP contribution in [0.5, 0.6) is 0 Å². The maximum Gasteiger partial charge on any atom is 0.240 e. The van der Waals surface area contributed by atoms with Crippen molar-refractivity contribution < 1.29 is 8.42 Å². The van der Waals surface area contributed by atoms with Gasteiger partial charge in [0.1, 0.15) is 5.82 Å². The first kappa shape index (κ1) is 18.2. The van der Waals surface area contributed by atoms with Crippen LogP contribution in [0.2, 0.25) is 0 Å². The van der Waals surface area contributed by atoms with E-state index in [1.807, 2.05) is 13.0 Å². The fraction of sp³-hybridized carbons (Fsp3) is 0.375. The molecular weight excluding hydrogens is 326 g/mol. The number of nitrogens with one attached hydrogen (secondary N) is 3. The molecular formula is C16H23N5O2S. The topological polar surface area (TPSA) is 96.0 Å². The van der Waals surface area contributed by atoms with Crippen LogP contribution in [-0.2, 0) is 10.0 Å². The summed E-state index contributed by atoms with van der Waals surface area (Å²) in [7, 11) is -3.49. The van der Waals surface area contributed by atoms with Crippen molar-refractivity contribution in [2.75, 3.05) is 30.3 Å². The Bertz CT molecular complexity index is 750. The number of aryl methyl sites for hydroxylation is 1. The molecule has 1 aromatic heterocycles. The molecule has 130 valence electrons. The maximum atomic E-state index is 12.1. The smallest absolute Gasteiger partial charge is 0.240 e. The largest absolute Gasteiger partial charge is 0.370 e. The summed E-state index contributed by atoms with van der Waals surface area (Å²) in [6, 6.07) is 10.2. The minimum Gasteiger partial charge on any atom is -0.370 e. The van der Waals surface area contributed by atoms with E-state index in [4.69, 9.17) is 0 Å². The number of rotatable bonds is 9. The van der Waals surface area contributed by atoms with Crippen molar-refractivity contribution in [3.05, 3.63) is 42.1 Å². The Morgan fingerprint density at radius 2 is 1.75 bits per heavy atom. The lowest BCUT2D eigenvalue weighted by molar-refractivity contribution is 0.583. The molecule has 7 nitrogen and oxygen atoms in total. The maximum absolute atomic E-state index is 12.1. The van der Waals surface area contributed by atoms with E-state index in [-0.39, 0.29) is 11.4 Å². The van der Waals surface area contributed by atoms with Gasteiger partial charge >= 0.3 is 0 Å². The molecule has 0 saturated carbocycles. The number of nitrogens with zero attached hydrogens (tertiary/aromatic N) is 2. The fourth-order valence-corrected chi connectivity index (χ4v) is 3.09. The molecule has 0 bridgehead atoms. The van der Waals surface area contributed by atoms with Gasteiger partial charge in [-0.05, 0) is 25.5 Å². The van der Waals surface area contributed by atoms with Crippen LogP contribution in [0.15, 0.2) is 41.3 Å². The first-order valence-corrected chi connectivity index (χ1v) is 9.37. The first-order chi connectivity index (χ1) is 11.5. The number of benzene rings is 1. The normalized spacial score (nSPS) is 11.2. The Hall–Kier alpha value is -2.19. The van der Waals surface area contributed by atoms with E-state index in [9.17, 15) is 8.42 Å². The van der Waals surface area contributed by atoms with Crippen molar-refractivity contribution >= 4 is 21.8 Å². The molecule has 0 aliphatic carbocycles. The zero-order chi connectivity index (χ0) is 17.4. The Labute approximate surface area is 143 Å². The number of hydrogen-bond acceptors (Lipinski definition) is 6. The second-order valence-corrected chi connectivity index (χ2v) is 7.05. The molecule has 2 rings (SSSR count). The number of anilines is 2. The van der Waals surface area contributed by atoms with E-state index in [0.717, 1.165) is 24.5 Å². The molecule has 0 radical (unpaired) electrons. The van der Waals surface area contributed by atoms with Crippen LogP contribution in [0, 0.1) is 6.92 Å². The summed E-state index contributed by atoms with van der Waals surface area (Å²) in [6.45, 7) is 5.45. The van der Waals surface area contributed by atoms with Crippen LogP contribution < -0.4 is 15.4 Å². The van der Waals surface area contributed by atoms with E-state index < -0.39 is 10.0 Å². The van der Waals surface area contributed by atoms with E-state index in [1.54, 1.807) is 30.3 Å². The fourth-order valence-electron chi connectivity index (χ4n) is 2.03. The molecule has 24 heavy (non-hydrogen) atoms. The third-order valence-electron chi connectivity index (χ3n) is 3.16. The van der Waals surface area contributed by atoms with Crippen LogP contribution in [0.3, 0.4) is 0 Å². The third kappa shape index (κ3) is 5.47. The second-order valence-electron chi connectivity index (χ2n) is 5.28. The molecule has 3 N–H and O–H groups in total. The predicted molar refractivity (Wildman–Crippen MR) is 95.7 cm³/mol. The van der Waals surface area contributed by atoms with E-state index >= 15 is 0 Å². The highest BCUT2D eigenvalue weighted by molar-refractivity contribution is 7.89. The predicted octanol–water partition coefficient (Wildman–Crippen LogP) is 2.00. The zero-order valence-corrected chi connectivity index (χ0v) is 14.7. The first-order valence-electron chi connectivity index (χ1n) is 7.89. The van der Waals surface area contributed by atoms with Gasteiger partial charge in [-0.2, -0.15) is 4.98 Å². The van der Waals surface area contributed by atoms with Gasteiger partial charge in [-0.25, -0.2) is 18.1 Å². The summed E-state index contributed by atoms with van der Waals surface area (Å²) in [4.78, 5) is 8.90. The Morgan fingerprint density at radius 1 is 1.00 bits per heavy atom. The van der Waals surface area contributed by atoms with Gasteiger partial charge in [0.25, 0.3) is 0 Å². The van der Waals surface area contributed by atoms with E-state index in [0.29, 0.717) is 12.5 Å². The van der Waals surface area contributed by atoms with Gasteiger partial charge < -0.3 is 10.6 Å². The van der Waals surface area contributed by atoms with Gasteiger partial charge in [0.15, 0.2) is 0 Å². The third-order valence-corrected chi connectivity index (χ3v) is 4.64. The quantitative estimate of drug-likeness (QED) is 0.599. The Balaban J connectivity index is 1.87. The van der Waals surface area contributed by atoms with Crippen molar-refractivity contribution in [1.82, 2.24) is 14.7 Å². The SMILES string of the molecule is CCCNc1cc(C)nc(NCCNS(=O)(=O)c2ccccc2)n1. The van der Waals surface area contributed by atoms with Crippen LogP contribution in [0.25, 0.3) is 0 Å². The standard InChI is InChI=1S/C16H23N5O2S/c1-3-9-17-15-12-13(2)20-16(21-15)18-10-11-19-24(22,23)14-7-5-4-6-8-14/h4-8,12,19H,3,9-11H2,1-2H3,(H2,17,18,20,21). The number of hydrogen-bond donors (Lipinski definition) is 3. The van der Waals surface area contributed by atoms with Crippen molar-refractivity contribution in [2.24, 2.45) is 0 Å². The van der Waals surface area contributed by atoms with Gasteiger partial charge in [-0.3, -0.25) is 0 Å². The highest BCUT2D eigenvalue weighted by Crippen LogP contribution is 2.09. The van der Waals surface area contributed by atoms with Gasteiger partial charge in [-0.1, -0.05) is 25.1 Å². The Morgan fingerprint density at radius 3 is 2.46 bits per heavy atom. The summed E-state index contributed by atoms with van der Waals surface area (Å²) in [5.41, 5.74) is 0.843. The van der Waals surface area contributed by atoms with Crippen LogP contribution >= 0.6 is 0 Å². The van der Waals surface area contributed by atoms with Gasteiger partial charge in [0, 0.05) is 31.4 Å². The molecule has 8 heteroatoms. The summed E-state index contributed by atoms with van der Waals surface area (Å²) >= 11 is 0. The molecule has 0 saturated heterocycles. The summed E-state index contributed by atoms with van der Waals surface area (Å²) in [6.07, 6.45) is 1.01. The van der Waals surface area contributed by atoms with E-state index in [1.165, 1.54) is 0 Å². The molecule has 0 unspecified atom stereocenters. The van der Waals surface area contributed by atoms with Crippen molar-refractivity contribution in [3.8, 4) is 0 Å².